The van der Waals surface area contributed by atoms with E-state index in [0.29, 0.717) is 12.8 Å². The highest BCUT2D eigenvalue weighted by Crippen LogP contribution is 2.09. The molecule has 266 valence electrons. The monoisotopic (exact) mass is 653 g/mol. The van der Waals surface area contributed by atoms with Gasteiger partial charge in [-0.15, -0.1) is 0 Å². The lowest BCUT2D eigenvalue weighted by Gasteiger charge is -2.15. The minimum Gasteiger partial charge on any atom is -0.462 e. The maximum atomic E-state index is 12.1. The maximum absolute atomic E-state index is 12.1. The molecule has 0 aromatic carbocycles. The van der Waals surface area contributed by atoms with Gasteiger partial charge in [-0.05, 0) is 77.0 Å². The number of aliphatic hydroxyl groups excluding tert-OH is 1. The van der Waals surface area contributed by atoms with Gasteiger partial charge in [0.2, 0.25) is 0 Å². The molecule has 0 aromatic rings. The summed E-state index contributed by atoms with van der Waals surface area (Å²) in [6.07, 6.45) is 50.8. The average Bonchev–Trinajstić information content (AvgIpc) is 3.07. The van der Waals surface area contributed by atoms with Crippen molar-refractivity contribution in [2.75, 3.05) is 13.2 Å². The Bertz CT molecular complexity index is 921. The van der Waals surface area contributed by atoms with Gasteiger partial charge in [0, 0.05) is 12.8 Å². The van der Waals surface area contributed by atoms with Crippen molar-refractivity contribution in [2.45, 2.75) is 155 Å². The van der Waals surface area contributed by atoms with Crippen molar-refractivity contribution in [1.29, 1.82) is 0 Å². The Labute approximate surface area is 288 Å². The standard InChI is InChI=1S/C42H68O5/c1-3-5-7-9-11-13-15-17-18-19-20-21-22-23-25-27-29-31-33-35-37-42(45)47-40(38-43)39-46-41(44)36-34-32-30-28-26-24-16-14-12-10-8-6-4-2/h5,7,11,13,17-18,20-21,23-26,30,32,40,43H,3-4,6,8-10,12,14-16,19,22,27-29,31,33-39H2,1-2H3/b7-5+,13-11+,18-17+,21-20+,25-23+,26-24+,32-30+. The molecule has 5 nitrogen and oxygen atoms in total. The number of esters is 2. The van der Waals surface area contributed by atoms with Gasteiger partial charge in [0.15, 0.2) is 6.10 Å². The molecule has 0 aliphatic heterocycles. The molecule has 0 aliphatic carbocycles. The first-order chi connectivity index (χ1) is 23.1. The van der Waals surface area contributed by atoms with E-state index in [1.165, 1.54) is 38.5 Å². The fourth-order valence-electron chi connectivity index (χ4n) is 4.63. The molecular formula is C42H68O5. The summed E-state index contributed by atoms with van der Waals surface area (Å²) in [5, 5.41) is 9.52. The van der Waals surface area contributed by atoms with Gasteiger partial charge in [-0.25, -0.2) is 0 Å². The van der Waals surface area contributed by atoms with Crippen LogP contribution in [-0.2, 0) is 19.1 Å². The van der Waals surface area contributed by atoms with Crippen LogP contribution in [0, 0.1) is 0 Å². The molecule has 5 heteroatoms. The second kappa shape index (κ2) is 37.5. The van der Waals surface area contributed by atoms with Gasteiger partial charge in [-0.3, -0.25) is 9.59 Å². The van der Waals surface area contributed by atoms with Crippen molar-refractivity contribution in [1.82, 2.24) is 0 Å². The summed E-state index contributed by atoms with van der Waals surface area (Å²) in [6, 6.07) is 0. The molecule has 0 amide bonds. The van der Waals surface area contributed by atoms with Crippen LogP contribution in [0.1, 0.15) is 149 Å². The highest BCUT2D eigenvalue weighted by Gasteiger charge is 2.15. The second-order valence-electron chi connectivity index (χ2n) is 11.9. The minimum absolute atomic E-state index is 0.112. The smallest absolute Gasteiger partial charge is 0.306 e. The molecular weight excluding hydrogens is 584 g/mol. The summed E-state index contributed by atoms with van der Waals surface area (Å²) in [5.41, 5.74) is 0. The fourth-order valence-corrected chi connectivity index (χ4v) is 4.63. The Balaban J connectivity index is 3.73. The third kappa shape index (κ3) is 35.8. The summed E-state index contributed by atoms with van der Waals surface area (Å²) in [6.45, 7) is 3.92. The van der Waals surface area contributed by atoms with Gasteiger partial charge in [0.05, 0.1) is 6.61 Å². The van der Waals surface area contributed by atoms with E-state index in [2.05, 4.69) is 92.8 Å². The Morgan fingerprint density at radius 1 is 0.511 bits per heavy atom. The fraction of sp³-hybridized carbons (Fsp3) is 0.619. The summed E-state index contributed by atoms with van der Waals surface area (Å²) >= 11 is 0. The first-order valence-electron chi connectivity index (χ1n) is 18.6. The number of allylic oxidation sites excluding steroid dienone is 14. The Morgan fingerprint density at radius 3 is 1.47 bits per heavy atom. The number of carbonyl (C=O) groups is 2. The largest absolute Gasteiger partial charge is 0.462 e. The molecule has 0 radical (unpaired) electrons. The molecule has 0 bridgehead atoms. The van der Waals surface area contributed by atoms with Crippen LogP contribution in [0.5, 0.6) is 0 Å². The first-order valence-corrected chi connectivity index (χ1v) is 18.6. The average molecular weight is 653 g/mol. The molecule has 0 saturated carbocycles. The molecule has 1 N–H and O–H groups in total. The first kappa shape index (κ1) is 44.1. The predicted molar refractivity (Wildman–Crippen MR) is 200 cm³/mol. The molecule has 0 spiro atoms. The normalized spacial score (nSPS) is 13.2. The van der Waals surface area contributed by atoms with Crippen LogP contribution < -0.4 is 0 Å². The molecule has 1 atom stereocenters. The zero-order valence-corrected chi connectivity index (χ0v) is 30.0. The van der Waals surface area contributed by atoms with Crippen molar-refractivity contribution in [3.05, 3.63) is 85.1 Å². The van der Waals surface area contributed by atoms with E-state index in [1.807, 2.05) is 6.08 Å². The zero-order valence-electron chi connectivity index (χ0n) is 30.0. The number of rotatable bonds is 32. The van der Waals surface area contributed by atoms with Crippen LogP contribution in [0.3, 0.4) is 0 Å². The Hall–Kier alpha value is -2.92. The predicted octanol–water partition coefficient (Wildman–Crippen LogP) is 11.6. The number of ether oxygens (including phenoxy) is 2. The van der Waals surface area contributed by atoms with E-state index < -0.39 is 6.10 Å². The molecule has 0 aliphatic rings. The molecule has 47 heavy (non-hydrogen) atoms. The van der Waals surface area contributed by atoms with Crippen LogP contribution in [0.15, 0.2) is 85.1 Å². The second-order valence-corrected chi connectivity index (χ2v) is 11.9. The van der Waals surface area contributed by atoms with E-state index >= 15 is 0 Å². The van der Waals surface area contributed by atoms with Crippen LogP contribution >= 0.6 is 0 Å². The van der Waals surface area contributed by atoms with E-state index in [9.17, 15) is 14.7 Å². The lowest BCUT2D eigenvalue weighted by molar-refractivity contribution is -0.161. The van der Waals surface area contributed by atoms with E-state index in [0.717, 1.165) is 77.0 Å². The van der Waals surface area contributed by atoms with Gasteiger partial charge < -0.3 is 14.6 Å². The van der Waals surface area contributed by atoms with Gasteiger partial charge in [-0.1, -0.05) is 144 Å². The van der Waals surface area contributed by atoms with Crippen molar-refractivity contribution in [3.63, 3.8) is 0 Å². The van der Waals surface area contributed by atoms with E-state index in [-0.39, 0.29) is 31.6 Å². The number of hydrogen-bond donors (Lipinski definition) is 1. The van der Waals surface area contributed by atoms with Crippen molar-refractivity contribution >= 4 is 11.9 Å². The third-order valence-corrected chi connectivity index (χ3v) is 7.44. The molecule has 0 aromatic heterocycles. The van der Waals surface area contributed by atoms with Crippen LogP contribution in [0.25, 0.3) is 0 Å². The van der Waals surface area contributed by atoms with Gasteiger partial charge in [0.1, 0.15) is 6.61 Å². The lowest BCUT2D eigenvalue weighted by Crippen LogP contribution is -2.28. The summed E-state index contributed by atoms with van der Waals surface area (Å²) in [4.78, 5) is 24.2. The van der Waals surface area contributed by atoms with Gasteiger partial charge in [-0.2, -0.15) is 0 Å². The van der Waals surface area contributed by atoms with Crippen LogP contribution in [-0.4, -0.2) is 36.4 Å². The molecule has 0 saturated heterocycles. The third-order valence-electron chi connectivity index (χ3n) is 7.44. The van der Waals surface area contributed by atoms with Crippen molar-refractivity contribution in [3.8, 4) is 0 Å². The van der Waals surface area contributed by atoms with Crippen LogP contribution in [0.2, 0.25) is 0 Å². The van der Waals surface area contributed by atoms with E-state index in [4.69, 9.17) is 9.47 Å². The zero-order chi connectivity index (χ0) is 34.3. The summed E-state index contributed by atoms with van der Waals surface area (Å²) in [5.74, 6) is -0.708. The number of unbranched alkanes of at least 4 members (excludes halogenated alkanes) is 10. The quantitative estimate of drug-likeness (QED) is 0.0445. The highest BCUT2D eigenvalue weighted by molar-refractivity contribution is 5.70. The molecule has 0 rings (SSSR count). The number of carbonyl (C=O) groups excluding carboxylic acids is 2. The van der Waals surface area contributed by atoms with Crippen molar-refractivity contribution in [2.24, 2.45) is 0 Å². The Morgan fingerprint density at radius 2 is 0.957 bits per heavy atom. The van der Waals surface area contributed by atoms with Gasteiger partial charge in [0.25, 0.3) is 0 Å². The molecule has 1 unspecified atom stereocenters. The number of hydrogen-bond acceptors (Lipinski definition) is 5. The van der Waals surface area contributed by atoms with Gasteiger partial charge >= 0.3 is 11.9 Å². The molecule has 0 heterocycles. The summed E-state index contributed by atoms with van der Waals surface area (Å²) < 4.78 is 10.5. The maximum Gasteiger partial charge on any atom is 0.306 e. The summed E-state index contributed by atoms with van der Waals surface area (Å²) in [7, 11) is 0. The van der Waals surface area contributed by atoms with E-state index in [1.54, 1.807) is 0 Å². The lowest BCUT2D eigenvalue weighted by atomic mass is 10.1. The highest BCUT2D eigenvalue weighted by atomic mass is 16.6. The topological polar surface area (TPSA) is 72.8 Å². The SMILES string of the molecule is CC/C=C/C/C=C/C/C=C/C/C=C/C/C=C/CCCCCCC(=O)OC(CO)COC(=O)CC/C=C/C/C=C/CCCCCCCC. The van der Waals surface area contributed by atoms with Crippen LogP contribution in [0.4, 0.5) is 0 Å². The molecule has 0 fully saturated rings. The van der Waals surface area contributed by atoms with Crippen molar-refractivity contribution < 1.29 is 24.2 Å². The number of aliphatic hydroxyl groups is 1. The Kier molecular flexibility index (Phi) is 35.2. The minimum atomic E-state index is -0.811.